The molecule has 1 saturated heterocycles. The van der Waals surface area contributed by atoms with E-state index in [4.69, 9.17) is 4.74 Å². The molecule has 4 rings (SSSR count). The summed E-state index contributed by atoms with van der Waals surface area (Å²) in [6, 6.07) is 19.6. The summed E-state index contributed by atoms with van der Waals surface area (Å²) in [6.07, 6.45) is 0.620. The van der Waals surface area contributed by atoms with Crippen LogP contribution in [0.3, 0.4) is 0 Å². The number of carbonyl (C=O) groups excluding carboxylic acids is 2. The Morgan fingerprint density at radius 1 is 1.09 bits per heavy atom. The molecular weight excluding hydrogens is 454 g/mol. The number of piperidine rings is 1. The third kappa shape index (κ3) is 5.21. The second-order valence-corrected chi connectivity index (χ2v) is 8.82. The quantitative estimate of drug-likeness (QED) is 0.530. The van der Waals surface area contributed by atoms with E-state index in [0.29, 0.717) is 49.5 Å². The molecule has 1 unspecified atom stereocenters. The molecule has 0 saturated carbocycles. The van der Waals surface area contributed by atoms with Gasteiger partial charge in [-0.3, -0.25) is 13.3 Å². The maximum absolute atomic E-state index is 12.7. The second kappa shape index (κ2) is 10.7. The number of benzene rings is 3. The van der Waals surface area contributed by atoms with Crippen molar-refractivity contribution in [3.05, 3.63) is 72.3 Å². The third-order valence-corrected chi connectivity index (χ3v) is 6.72. The Morgan fingerprint density at radius 2 is 1.82 bits per heavy atom. The molecule has 0 spiro atoms. The van der Waals surface area contributed by atoms with Crippen LogP contribution in [0.5, 0.6) is 0 Å². The zero-order valence-corrected chi connectivity index (χ0v) is 19.6. The van der Waals surface area contributed by atoms with Gasteiger partial charge in [0.2, 0.25) is 0 Å². The van der Waals surface area contributed by atoms with Gasteiger partial charge in [-0.05, 0) is 55.5 Å². The zero-order valence-electron chi connectivity index (χ0n) is 18.8. The number of hydrogen-bond donors (Lipinski definition) is 1. The Hall–Kier alpha value is -3.43. The van der Waals surface area contributed by atoms with Crippen LogP contribution < -0.4 is 9.62 Å². The first-order valence-electron chi connectivity index (χ1n) is 11.2. The minimum Gasteiger partial charge on any atom is -0.755 e. The molecule has 0 bridgehead atoms. The Labute approximate surface area is 200 Å². The monoisotopic (exact) mass is 480 g/mol. The lowest BCUT2D eigenvalue weighted by Gasteiger charge is -2.39. The van der Waals surface area contributed by atoms with Crippen molar-refractivity contribution >= 4 is 45.4 Å². The number of amides is 2. The number of ether oxygens (including phenoxy) is 1. The predicted octanol–water partition coefficient (Wildman–Crippen LogP) is 4.31. The number of hydrogen-bond acceptors (Lipinski definition) is 5. The lowest BCUT2D eigenvalue weighted by molar-refractivity contribution is 0.0975. The molecule has 1 heterocycles. The molecule has 34 heavy (non-hydrogen) atoms. The topological polar surface area (TPSA) is 102 Å². The molecule has 178 valence electrons. The Morgan fingerprint density at radius 3 is 2.50 bits per heavy atom. The van der Waals surface area contributed by atoms with Gasteiger partial charge >= 0.3 is 6.09 Å². The minimum atomic E-state index is -2.51. The van der Waals surface area contributed by atoms with Crippen LogP contribution in [0.1, 0.15) is 30.1 Å². The van der Waals surface area contributed by atoms with Crippen molar-refractivity contribution in [2.75, 3.05) is 29.3 Å². The molecule has 1 fully saturated rings. The smallest absolute Gasteiger partial charge is 0.409 e. The summed E-state index contributed by atoms with van der Waals surface area (Å²) < 4.78 is 30.9. The molecule has 0 aliphatic carbocycles. The number of nitrogens with one attached hydrogen (secondary N) is 1. The van der Waals surface area contributed by atoms with Crippen molar-refractivity contribution in [3.63, 3.8) is 0 Å². The van der Waals surface area contributed by atoms with Gasteiger partial charge in [-0.2, -0.15) is 0 Å². The number of fused-ring (bicyclic) bond motifs is 1. The third-order valence-electron chi connectivity index (χ3n) is 5.89. The van der Waals surface area contributed by atoms with Gasteiger partial charge in [0.15, 0.2) is 0 Å². The summed E-state index contributed by atoms with van der Waals surface area (Å²) in [5.74, 6) is -0.242. The predicted molar refractivity (Wildman–Crippen MR) is 131 cm³/mol. The van der Waals surface area contributed by atoms with Crippen LogP contribution in [0.25, 0.3) is 10.8 Å². The van der Waals surface area contributed by atoms with Crippen molar-refractivity contribution in [2.45, 2.75) is 25.8 Å². The van der Waals surface area contributed by atoms with E-state index in [1.807, 2.05) is 24.3 Å². The van der Waals surface area contributed by atoms with Gasteiger partial charge in [0.25, 0.3) is 5.91 Å². The molecule has 2 amide bonds. The summed E-state index contributed by atoms with van der Waals surface area (Å²) in [5, 5.41) is 4.55. The maximum Gasteiger partial charge on any atom is 0.409 e. The number of rotatable bonds is 6. The largest absolute Gasteiger partial charge is 0.755 e. The van der Waals surface area contributed by atoms with E-state index >= 15 is 0 Å². The van der Waals surface area contributed by atoms with Crippen LogP contribution >= 0.6 is 0 Å². The highest BCUT2D eigenvalue weighted by atomic mass is 32.2. The average molecular weight is 481 g/mol. The molecule has 0 radical (unpaired) electrons. The molecule has 9 heteroatoms. The highest BCUT2D eigenvalue weighted by Crippen LogP contribution is 2.32. The number of likely N-dealkylation sites (tertiary alicyclic amines) is 1. The van der Waals surface area contributed by atoms with E-state index in [9.17, 15) is 18.4 Å². The van der Waals surface area contributed by atoms with Gasteiger partial charge in [0.05, 0.1) is 6.61 Å². The lowest BCUT2D eigenvalue weighted by atomic mass is 10.0. The van der Waals surface area contributed by atoms with Gasteiger partial charge in [0.1, 0.15) is 0 Å². The molecule has 3 aromatic rings. The maximum atomic E-state index is 12.7. The van der Waals surface area contributed by atoms with Crippen LogP contribution in [0.2, 0.25) is 0 Å². The summed E-state index contributed by atoms with van der Waals surface area (Å²) in [6.45, 7) is 2.89. The van der Waals surface area contributed by atoms with Crippen molar-refractivity contribution in [2.24, 2.45) is 0 Å². The van der Waals surface area contributed by atoms with Crippen molar-refractivity contribution in [1.29, 1.82) is 0 Å². The first-order chi connectivity index (χ1) is 16.5. The Balaban J connectivity index is 1.59. The molecule has 1 aliphatic rings. The Kier molecular flexibility index (Phi) is 7.44. The first kappa shape index (κ1) is 23.7. The van der Waals surface area contributed by atoms with Crippen LogP contribution in [-0.2, 0) is 16.0 Å². The fraction of sp³-hybridized carbons (Fsp3) is 0.280. The number of carbonyl (C=O) groups is 2. The Bertz CT molecular complexity index is 1200. The molecule has 1 N–H and O–H groups in total. The summed E-state index contributed by atoms with van der Waals surface area (Å²) >= 11 is -2.51. The van der Waals surface area contributed by atoms with E-state index in [-0.39, 0.29) is 18.0 Å². The first-order valence-corrected chi connectivity index (χ1v) is 12.2. The summed E-state index contributed by atoms with van der Waals surface area (Å²) in [7, 11) is 0. The molecule has 1 aliphatic heterocycles. The van der Waals surface area contributed by atoms with E-state index in [2.05, 4.69) is 5.32 Å². The highest BCUT2D eigenvalue weighted by Gasteiger charge is 2.28. The fourth-order valence-electron chi connectivity index (χ4n) is 4.21. The van der Waals surface area contributed by atoms with E-state index in [1.54, 1.807) is 54.3 Å². The standard InChI is InChI=1S/C25H27N3O5S/c1-2-33-25(30)27-15-13-20(14-16-27)28(34(31)32)21-12-11-18-9-6-10-23(22(18)17-21)26-24(29)19-7-4-3-5-8-19/h3-12,17,20H,2,13-16H2,1H3,(H,26,29)(H,31,32)/p-1. The van der Waals surface area contributed by atoms with Gasteiger partial charge in [-0.25, -0.2) is 4.79 Å². The van der Waals surface area contributed by atoms with Crippen molar-refractivity contribution in [1.82, 2.24) is 4.90 Å². The molecule has 8 nitrogen and oxygen atoms in total. The van der Waals surface area contributed by atoms with E-state index in [1.165, 1.54) is 4.31 Å². The van der Waals surface area contributed by atoms with Crippen LogP contribution in [0, 0.1) is 0 Å². The minimum absolute atomic E-state index is 0.242. The normalized spacial score (nSPS) is 15.1. The highest BCUT2D eigenvalue weighted by molar-refractivity contribution is 7.80. The van der Waals surface area contributed by atoms with Crippen molar-refractivity contribution in [3.8, 4) is 0 Å². The van der Waals surface area contributed by atoms with Crippen molar-refractivity contribution < 1.29 is 23.1 Å². The van der Waals surface area contributed by atoms with Gasteiger partial charge in [0, 0.05) is 52.7 Å². The van der Waals surface area contributed by atoms with Crippen LogP contribution in [0.4, 0.5) is 16.2 Å². The molecule has 3 aromatic carbocycles. The molecule has 0 aromatic heterocycles. The SMILES string of the molecule is CCOC(=O)N1CCC(N(c2ccc3cccc(NC(=O)c4ccccc4)c3c2)S(=O)[O-])CC1. The summed E-state index contributed by atoms with van der Waals surface area (Å²) in [5.41, 5.74) is 1.64. The second-order valence-electron chi connectivity index (χ2n) is 7.99. The van der Waals surface area contributed by atoms with E-state index < -0.39 is 11.3 Å². The van der Waals surface area contributed by atoms with Crippen LogP contribution in [0.15, 0.2) is 66.7 Å². The average Bonchev–Trinajstić information content (AvgIpc) is 2.85. The van der Waals surface area contributed by atoms with E-state index in [0.717, 1.165) is 10.8 Å². The molecular formula is C25H26N3O5S-. The lowest BCUT2D eigenvalue weighted by Crippen LogP contribution is -2.47. The van der Waals surface area contributed by atoms with Gasteiger partial charge in [-0.1, -0.05) is 36.4 Å². The van der Waals surface area contributed by atoms with Gasteiger partial charge in [-0.15, -0.1) is 0 Å². The summed E-state index contributed by atoms with van der Waals surface area (Å²) in [4.78, 5) is 26.3. The fourth-order valence-corrected chi connectivity index (χ4v) is 4.95. The van der Waals surface area contributed by atoms with Gasteiger partial charge < -0.3 is 19.5 Å². The van der Waals surface area contributed by atoms with Crippen LogP contribution in [-0.4, -0.2) is 51.4 Å². The molecule has 1 atom stereocenters. The number of nitrogens with zero attached hydrogens (tertiary/aromatic N) is 2. The zero-order chi connectivity index (χ0) is 24.1. The number of anilines is 2.